The van der Waals surface area contributed by atoms with Gasteiger partial charge in [0.1, 0.15) is 5.69 Å². The van der Waals surface area contributed by atoms with Crippen LogP contribution in [-0.2, 0) is 18.2 Å². The van der Waals surface area contributed by atoms with E-state index in [1.165, 1.54) is 11.1 Å². The second-order valence-corrected chi connectivity index (χ2v) is 7.11. The molecule has 0 fully saturated rings. The molecule has 0 bridgehead atoms. The van der Waals surface area contributed by atoms with Gasteiger partial charge in [-0.2, -0.15) is 0 Å². The van der Waals surface area contributed by atoms with E-state index in [1.807, 2.05) is 30.7 Å². The van der Waals surface area contributed by atoms with Gasteiger partial charge >= 0.3 is 5.97 Å². The lowest BCUT2D eigenvalue weighted by atomic mass is 10.0. The number of carbonyl (C=O) groups is 1. The fourth-order valence-electron chi connectivity index (χ4n) is 3.60. The maximum atomic E-state index is 12.1. The van der Waals surface area contributed by atoms with Crippen molar-refractivity contribution in [1.82, 2.24) is 9.88 Å². The average molecular weight is 401 g/mol. The molecule has 2 atom stereocenters. The number of nitrogens with one attached hydrogen (secondary N) is 1. The van der Waals surface area contributed by atoms with E-state index in [0.29, 0.717) is 24.4 Å². The fourth-order valence-corrected chi connectivity index (χ4v) is 3.60. The van der Waals surface area contributed by atoms with E-state index in [-0.39, 0.29) is 18.4 Å². The third-order valence-corrected chi connectivity index (χ3v) is 4.97. The van der Waals surface area contributed by atoms with Gasteiger partial charge in [0.15, 0.2) is 0 Å². The van der Waals surface area contributed by atoms with Gasteiger partial charge in [0, 0.05) is 30.0 Å². The Morgan fingerprint density at radius 1 is 1.11 bits per heavy atom. The molecule has 1 aromatic heterocycles. The topological polar surface area (TPSA) is 43.3 Å². The molecule has 0 aliphatic carbocycles. The molecule has 0 aliphatic rings. The summed E-state index contributed by atoms with van der Waals surface area (Å²) in [6.45, 7) is 6.61. The van der Waals surface area contributed by atoms with Crippen LogP contribution in [-0.4, -0.2) is 23.2 Å². The summed E-state index contributed by atoms with van der Waals surface area (Å²) in [7, 11) is 1.90. The van der Waals surface area contributed by atoms with Gasteiger partial charge in [0.2, 0.25) is 0 Å². The van der Waals surface area contributed by atoms with Crippen LogP contribution in [0.25, 0.3) is 10.9 Å². The van der Waals surface area contributed by atoms with Crippen molar-refractivity contribution in [3.63, 3.8) is 0 Å². The molecule has 150 valence electrons. The molecule has 0 aliphatic heterocycles. The number of nitrogens with zero attached hydrogens (tertiary/aromatic N) is 1. The number of hydrogen-bond acceptors (Lipinski definition) is 3. The number of hydrogen-bond donors (Lipinski definition) is 1. The van der Waals surface area contributed by atoms with E-state index in [2.05, 4.69) is 61.6 Å². The normalized spacial score (nSPS) is 13.0. The molecule has 5 heteroatoms. The van der Waals surface area contributed by atoms with Crippen molar-refractivity contribution in [3.8, 4) is 0 Å². The van der Waals surface area contributed by atoms with E-state index < -0.39 is 0 Å². The molecule has 3 aromatic rings. The lowest BCUT2D eigenvalue weighted by Gasteiger charge is -2.20. The summed E-state index contributed by atoms with van der Waals surface area (Å²) < 4.78 is 7.05. The monoisotopic (exact) mass is 400 g/mol. The Hall–Kier alpha value is -2.30. The molecule has 0 saturated carbocycles. The lowest BCUT2D eigenvalue weighted by Crippen LogP contribution is -2.30. The predicted molar refractivity (Wildman–Crippen MR) is 117 cm³/mol. The highest BCUT2D eigenvalue weighted by Crippen LogP contribution is 2.22. The minimum absolute atomic E-state index is 0. The van der Waals surface area contributed by atoms with Gasteiger partial charge in [-0.15, -0.1) is 12.4 Å². The van der Waals surface area contributed by atoms with Crippen molar-refractivity contribution < 1.29 is 9.53 Å². The van der Waals surface area contributed by atoms with Crippen molar-refractivity contribution in [2.75, 3.05) is 6.61 Å². The average Bonchev–Trinajstić information content (AvgIpc) is 2.98. The molecule has 2 aromatic carbocycles. The Balaban J connectivity index is 0.00000280. The zero-order valence-corrected chi connectivity index (χ0v) is 17.8. The van der Waals surface area contributed by atoms with Crippen LogP contribution >= 0.6 is 12.4 Å². The minimum atomic E-state index is -0.274. The summed E-state index contributed by atoms with van der Waals surface area (Å²) in [5.41, 5.74) is 4.18. The molecule has 0 radical (unpaired) electrons. The summed E-state index contributed by atoms with van der Waals surface area (Å²) in [5.74, 6) is -0.274. The van der Waals surface area contributed by atoms with Gasteiger partial charge in [0.05, 0.1) is 6.61 Å². The van der Waals surface area contributed by atoms with Crippen LogP contribution in [0.4, 0.5) is 0 Å². The lowest BCUT2D eigenvalue weighted by molar-refractivity contribution is 0.0516. The number of aromatic nitrogens is 1. The van der Waals surface area contributed by atoms with Gasteiger partial charge in [-0.1, -0.05) is 36.4 Å². The second-order valence-electron chi connectivity index (χ2n) is 7.11. The SMILES string of the molecule is CCOC(=O)c1cc2cc(C[C@@H](C)N[C@H](C)c3ccccc3)ccc2n1C.Cl. The van der Waals surface area contributed by atoms with Crippen LogP contribution in [0.5, 0.6) is 0 Å². The number of halogens is 1. The molecule has 0 saturated heterocycles. The Morgan fingerprint density at radius 3 is 2.50 bits per heavy atom. The maximum Gasteiger partial charge on any atom is 0.354 e. The Morgan fingerprint density at radius 2 is 1.82 bits per heavy atom. The zero-order valence-electron chi connectivity index (χ0n) is 16.9. The van der Waals surface area contributed by atoms with E-state index in [4.69, 9.17) is 4.74 Å². The number of carbonyl (C=O) groups excluding carboxylic acids is 1. The van der Waals surface area contributed by atoms with Crippen molar-refractivity contribution in [1.29, 1.82) is 0 Å². The first-order valence-electron chi connectivity index (χ1n) is 9.56. The van der Waals surface area contributed by atoms with Gasteiger partial charge in [-0.05, 0) is 56.5 Å². The quantitative estimate of drug-likeness (QED) is 0.564. The smallest absolute Gasteiger partial charge is 0.354 e. The number of ether oxygens (including phenoxy) is 1. The summed E-state index contributed by atoms with van der Waals surface area (Å²) in [4.78, 5) is 12.1. The zero-order chi connectivity index (χ0) is 19.4. The van der Waals surface area contributed by atoms with Crippen LogP contribution in [0.2, 0.25) is 0 Å². The van der Waals surface area contributed by atoms with Crippen LogP contribution < -0.4 is 5.32 Å². The third kappa shape index (κ3) is 4.94. The first-order valence-corrected chi connectivity index (χ1v) is 9.56. The predicted octanol–water partition coefficient (Wildman–Crippen LogP) is 5.06. The van der Waals surface area contributed by atoms with Gasteiger partial charge in [0.25, 0.3) is 0 Å². The van der Waals surface area contributed by atoms with Crippen LogP contribution in [0.3, 0.4) is 0 Å². The van der Waals surface area contributed by atoms with Crippen LogP contribution in [0.1, 0.15) is 48.4 Å². The molecule has 3 rings (SSSR count). The summed E-state index contributed by atoms with van der Waals surface area (Å²) in [5, 5.41) is 4.74. The van der Waals surface area contributed by atoms with Crippen molar-refractivity contribution in [3.05, 3.63) is 71.4 Å². The van der Waals surface area contributed by atoms with Crippen LogP contribution in [0.15, 0.2) is 54.6 Å². The van der Waals surface area contributed by atoms with Crippen molar-refractivity contribution in [2.45, 2.75) is 39.3 Å². The van der Waals surface area contributed by atoms with E-state index in [1.54, 1.807) is 0 Å². The van der Waals surface area contributed by atoms with Crippen LogP contribution in [0, 0.1) is 0 Å². The highest BCUT2D eigenvalue weighted by atomic mass is 35.5. The molecule has 4 nitrogen and oxygen atoms in total. The molecule has 1 N–H and O–H groups in total. The first-order chi connectivity index (χ1) is 13.0. The van der Waals surface area contributed by atoms with Gasteiger partial charge in [-0.25, -0.2) is 4.79 Å². The molecule has 0 spiro atoms. The van der Waals surface area contributed by atoms with E-state index >= 15 is 0 Å². The number of aryl methyl sites for hydroxylation is 1. The summed E-state index contributed by atoms with van der Waals surface area (Å²) in [6.07, 6.45) is 0.927. The molecule has 0 unspecified atom stereocenters. The molecule has 28 heavy (non-hydrogen) atoms. The minimum Gasteiger partial charge on any atom is -0.461 e. The van der Waals surface area contributed by atoms with Crippen molar-refractivity contribution >= 4 is 29.3 Å². The molecular formula is C23H29ClN2O2. The Kier molecular flexibility index (Phi) is 7.67. The number of esters is 1. The first kappa shape index (κ1) is 22.0. The Bertz CT molecular complexity index is 921. The highest BCUT2D eigenvalue weighted by Gasteiger charge is 2.15. The number of rotatable bonds is 7. The summed E-state index contributed by atoms with van der Waals surface area (Å²) >= 11 is 0. The van der Waals surface area contributed by atoms with E-state index in [0.717, 1.165) is 17.3 Å². The molecular weight excluding hydrogens is 372 g/mol. The van der Waals surface area contributed by atoms with Gasteiger partial charge < -0.3 is 14.6 Å². The Labute approximate surface area is 173 Å². The van der Waals surface area contributed by atoms with Gasteiger partial charge in [-0.3, -0.25) is 0 Å². The standard InChI is InChI=1S/C23H28N2O2.ClH/c1-5-27-23(26)22-15-20-14-18(11-12-21(20)25(22)4)13-16(2)24-17(3)19-9-7-6-8-10-19;/h6-12,14-17,24H,5,13H2,1-4H3;1H/t16-,17-;/m1./s1. The number of benzene rings is 2. The van der Waals surface area contributed by atoms with E-state index in [9.17, 15) is 4.79 Å². The largest absolute Gasteiger partial charge is 0.461 e. The second kappa shape index (κ2) is 9.76. The maximum absolute atomic E-state index is 12.1. The highest BCUT2D eigenvalue weighted by molar-refractivity contribution is 5.95. The fraction of sp³-hybridized carbons (Fsp3) is 0.348. The third-order valence-electron chi connectivity index (χ3n) is 4.97. The molecule has 0 amide bonds. The summed E-state index contributed by atoms with van der Waals surface area (Å²) in [6, 6.07) is 19.4. The van der Waals surface area contributed by atoms with Crippen molar-refractivity contribution in [2.24, 2.45) is 7.05 Å². The molecule has 1 heterocycles. The number of fused-ring (bicyclic) bond motifs is 1.